The molecular formula is C21H27N3O2. The van der Waals surface area contributed by atoms with E-state index in [1.54, 1.807) is 11.1 Å². The van der Waals surface area contributed by atoms with Crippen molar-refractivity contribution in [3.63, 3.8) is 0 Å². The van der Waals surface area contributed by atoms with Gasteiger partial charge in [-0.2, -0.15) is 0 Å². The summed E-state index contributed by atoms with van der Waals surface area (Å²) < 4.78 is 5.59. The quantitative estimate of drug-likeness (QED) is 0.826. The van der Waals surface area contributed by atoms with Gasteiger partial charge in [-0.05, 0) is 49.6 Å². The molecule has 0 saturated carbocycles. The van der Waals surface area contributed by atoms with Crippen molar-refractivity contribution in [1.29, 1.82) is 0 Å². The molecule has 0 bridgehead atoms. The monoisotopic (exact) mass is 353 g/mol. The van der Waals surface area contributed by atoms with Crippen molar-refractivity contribution in [1.82, 2.24) is 9.88 Å². The number of hydrogen-bond donors (Lipinski definition) is 0. The summed E-state index contributed by atoms with van der Waals surface area (Å²) in [4.78, 5) is 20.6. The van der Waals surface area contributed by atoms with E-state index in [1.807, 2.05) is 33.0 Å². The SMILES string of the molecule is CCC(C)(C)OC(=O)N1CCN(c2ccc(-c3cccnc3)cc2)CC1. The summed E-state index contributed by atoms with van der Waals surface area (Å²) in [7, 11) is 0. The average Bonchev–Trinajstić information content (AvgIpc) is 2.68. The molecule has 0 radical (unpaired) electrons. The molecule has 138 valence electrons. The van der Waals surface area contributed by atoms with Gasteiger partial charge in [0, 0.05) is 44.3 Å². The zero-order valence-electron chi connectivity index (χ0n) is 15.8. The third-order valence-corrected chi connectivity index (χ3v) is 4.98. The van der Waals surface area contributed by atoms with E-state index >= 15 is 0 Å². The molecule has 3 rings (SSSR count). The van der Waals surface area contributed by atoms with Crippen LogP contribution in [0.4, 0.5) is 10.5 Å². The van der Waals surface area contributed by atoms with Crippen molar-refractivity contribution < 1.29 is 9.53 Å². The normalized spacial score (nSPS) is 15.0. The fraction of sp³-hybridized carbons (Fsp3) is 0.429. The number of anilines is 1. The van der Waals surface area contributed by atoms with Gasteiger partial charge in [-0.3, -0.25) is 4.98 Å². The molecule has 0 aliphatic carbocycles. The van der Waals surface area contributed by atoms with Crippen molar-refractivity contribution in [2.75, 3.05) is 31.1 Å². The van der Waals surface area contributed by atoms with E-state index < -0.39 is 5.60 Å². The molecule has 1 amide bonds. The van der Waals surface area contributed by atoms with Crippen molar-refractivity contribution in [3.05, 3.63) is 48.8 Å². The molecule has 5 heteroatoms. The minimum Gasteiger partial charge on any atom is -0.443 e. The largest absolute Gasteiger partial charge is 0.443 e. The van der Waals surface area contributed by atoms with E-state index in [1.165, 1.54) is 5.69 Å². The van der Waals surface area contributed by atoms with Gasteiger partial charge in [-0.1, -0.05) is 25.1 Å². The van der Waals surface area contributed by atoms with Gasteiger partial charge in [0.15, 0.2) is 0 Å². The Balaban J connectivity index is 1.57. The summed E-state index contributed by atoms with van der Waals surface area (Å²) in [5.41, 5.74) is 3.05. The maximum atomic E-state index is 12.3. The van der Waals surface area contributed by atoms with Gasteiger partial charge in [0.05, 0.1) is 0 Å². The molecule has 2 heterocycles. The minimum atomic E-state index is -0.406. The molecule has 1 saturated heterocycles. The fourth-order valence-electron chi connectivity index (χ4n) is 2.92. The second-order valence-corrected chi connectivity index (χ2v) is 7.24. The molecule has 0 unspecified atom stereocenters. The van der Waals surface area contributed by atoms with E-state index in [4.69, 9.17) is 4.74 Å². The standard InChI is InChI=1S/C21H27N3O2/c1-4-21(2,3)26-20(25)24-14-12-23(13-15-24)19-9-7-17(8-10-19)18-6-5-11-22-16-18/h5-11,16H,4,12-15H2,1-3H3. The van der Waals surface area contributed by atoms with Gasteiger partial charge >= 0.3 is 6.09 Å². The third-order valence-electron chi connectivity index (χ3n) is 4.98. The van der Waals surface area contributed by atoms with Crippen LogP contribution in [0.3, 0.4) is 0 Å². The topological polar surface area (TPSA) is 45.7 Å². The summed E-state index contributed by atoms with van der Waals surface area (Å²) >= 11 is 0. The highest BCUT2D eigenvalue weighted by Crippen LogP contribution is 2.24. The molecule has 0 atom stereocenters. The van der Waals surface area contributed by atoms with Gasteiger partial charge in [-0.15, -0.1) is 0 Å². The summed E-state index contributed by atoms with van der Waals surface area (Å²) in [6, 6.07) is 12.5. The van der Waals surface area contributed by atoms with Gasteiger partial charge in [0.2, 0.25) is 0 Å². The zero-order valence-corrected chi connectivity index (χ0v) is 15.8. The first-order chi connectivity index (χ1) is 12.5. The Morgan fingerprint density at radius 1 is 1.08 bits per heavy atom. The lowest BCUT2D eigenvalue weighted by atomic mass is 10.1. The van der Waals surface area contributed by atoms with Crippen LogP contribution in [-0.2, 0) is 4.74 Å². The van der Waals surface area contributed by atoms with Gasteiger partial charge in [0.25, 0.3) is 0 Å². The lowest BCUT2D eigenvalue weighted by Gasteiger charge is -2.37. The van der Waals surface area contributed by atoms with Gasteiger partial charge < -0.3 is 14.5 Å². The second kappa shape index (κ2) is 7.77. The number of amides is 1. The number of carbonyl (C=O) groups is 1. The third kappa shape index (κ3) is 4.34. The first-order valence-corrected chi connectivity index (χ1v) is 9.22. The van der Waals surface area contributed by atoms with Crippen molar-refractivity contribution in [2.24, 2.45) is 0 Å². The molecule has 5 nitrogen and oxygen atoms in total. The Morgan fingerprint density at radius 2 is 1.77 bits per heavy atom. The highest BCUT2D eigenvalue weighted by molar-refractivity contribution is 5.69. The summed E-state index contributed by atoms with van der Waals surface area (Å²) in [5.74, 6) is 0. The molecule has 1 aromatic carbocycles. The number of benzene rings is 1. The van der Waals surface area contributed by atoms with E-state index in [9.17, 15) is 4.79 Å². The van der Waals surface area contributed by atoms with Crippen LogP contribution in [0.2, 0.25) is 0 Å². The Labute approximate surface area is 155 Å². The Hall–Kier alpha value is -2.56. The lowest BCUT2D eigenvalue weighted by Crippen LogP contribution is -2.50. The van der Waals surface area contributed by atoms with Crippen molar-refractivity contribution >= 4 is 11.8 Å². The Kier molecular flexibility index (Phi) is 5.45. The first kappa shape index (κ1) is 18.2. The predicted molar refractivity (Wildman–Crippen MR) is 104 cm³/mol. The average molecular weight is 353 g/mol. The van der Waals surface area contributed by atoms with E-state index in [0.29, 0.717) is 13.1 Å². The van der Waals surface area contributed by atoms with E-state index in [2.05, 4.69) is 40.2 Å². The van der Waals surface area contributed by atoms with Crippen LogP contribution in [0.5, 0.6) is 0 Å². The maximum Gasteiger partial charge on any atom is 0.410 e. The Morgan fingerprint density at radius 3 is 2.35 bits per heavy atom. The van der Waals surface area contributed by atoms with Crippen LogP contribution in [0.1, 0.15) is 27.2 Å². The number of rotatable bonds is 4. The number of aromatic nitrogens is 1. The van der Waals surface area contributed by atoms with Gasteiger partial charge in [-0.25, -0.2) is 4.79 Å². The summed E-state index contributed by atoms with van der Waals surface area (Å²) in [6.45, 7) is 8.92. The van der Waals surface area contributed by atoms with Crippen LogP contribution in [0.25, 0.3) is 11.1 Å². The number of hydrogen-bond acceptors (Lipinski definition) is 4. The molecular weight excluding hydrogens is 326 g/mol. The van der Waals surface area contributed by atoms with E-state index in [-0.39, 0.29) is 6.09 Å². The number of nitrogens with zero attached hydrogens (tertiary/aromatic N) is 3. The molecule has 1 aromatic heterocycles. The second-order valence-electron chi connectivity index (χ2n) is 7.24. The number of ether oxygens (including phenoxy) is 1. The highest BCUT2D eigenvalue weighted by Gasteiger charge is 2.27. The maximum absolute atomic E-state index is 12.3. The van der Waals surface area contributed by atoms with Crippen LogP contribution >= 0.6 is 0 Å². The number of pyridine rings is 1. The molecule has 0 N–H and O–H groups in total. The zero-order chi connectivity index (χ0) is 18.6. The van der Waals surface area contributed by atoms with Crippen LogP contribution in [0, 0.1) is 0 Å². The Bertz CT molecular complexity index is 721. The summed E-state index contributed by atoms with van der Waals surface area (Å²) in [6.07, 6.45) is 4.26. The molecule has 2 aromatic rings. The highest BCUT2D eigenvalue weighted by atomic mass is 16.6. The van der Waals surface area contributed by atoms with Gasteiger partial charge in [0.1, 0.15) is 5.60 Å². The van der Waals surface area contributed by atoms with Crippen LogP contribution in [-0.4, -0.2) is 47.8 Å². The molecule has 0 spiro atoms. The fourth-order valence-corrected chi connectivity index (χ4v) is 2.92. The van der Waals surface area contributed by atoms with Crippen LogP contribution in [0.15, 0.2) is 48.8 Å². The van der Waals surface area contributed by atoms with Crippen LogP contribution < -0.4 is 4.90 Å². The predicted octanol–water partition coefficient (Wildman–Crippen LogP) is 4.20. The smallest absolute Gasteiger partial charge is 0.410 e. The van der Waals surface area contributed by atoms with E-state index in [0.717, 1.165) is 30.6 Å². The van der Waals surface area contributed by atoms with Crippen molar-refractivity contribution in [3.8, 4) is 11.1 Å². The minimum absolute atomic E-state index is 0.205. The number of carbonyl (C=O) groups excluding carboxylic acids is 1. The summed E-state index contributed by atoms with van der Waals surface area (Å²) in [5, 5.41) is 0. The first-order valence-electron chi connectivity index (χ1n) is 9.22. The number of piperazine rings is 1. The molecule has 1 fully saturated rings. The molecule has 26 heavy (non-hydrogen) atoms. The van der Waals surface area contributed by atoms with Crippen molar-refractivity contribution in [2.45, 2.75) is 32.8 Å². The molecule has 1 aliphatic rings. The molecule has 1 aliphatic heterocycles. The lowest BCUT2D eigenvalue weighted by molar-refractivity contribution is 0.0106.